The summed E-state index contributed by atoms with van der Waals surface area (Å²) >= 11 is 0. The van der Waals surface area contributed by atoms with Crippen LogP contribution in [0.3, 0.4) is 0 Å². The van der Waals surface area contributed by atoms with Crippen LogP contribution in [0.5, 0.6) is 0 Å². The van der Waals surface area contributed by atoms with E-state index in [0.717, 1.165) is 13.0 Å². The quantitative estimate of drug-likeness (QED) is 0.661. The van der Waals surface area contributed by atoms with Crippen LogP contribution in [0.25, 0.3) is 0 Å². The van der Waals surface area contributed by atoms with Gasteiger partial charge in [0.15, 0.2) is 0 Å². The van der Waals surface area contributed by atoms with Crippen LogP contribution in [0.4, 0.5) is 0 Å². The van der Waals surface area contributed by atoms with Crippen molar-refractivity contribution >= 4 is 11.9 Å². The first kappa shape index (κ1) is 10.4. The molecule has 1 amide bonds. The van der Waals surface area contributed by atoms with Gasteiger partial charge in [0, 0.05) is 13.1 Å². The highest BCUT2D eigenvalue weighted by Crippen LogP contribution is 2.40. The van der Waals surface area contributed by atoms with Gasteiger partial charge in [0.25, 0.3) is 0 Å². The molecule has 1 saturated carbocycles. The first-order valence-corrected chi connectivity index (χ1v) is 5.35. The van der Waals surface area contributed by atoms with Gasteiger partial charge in [-0.05, 0) is 25.3 Å². The average molecular weight is 212 g/mol. The maximum atomic E-state index is 11.8. The molecule has 0 aromatic rings. The monoisotopic (exact) mass is 212 g/mol. The Morgan fingerprint density at radius 3 is 2.60 bits per heavy atom. The number of aliphatic carboxylic acids is 1. The second-order valence-electron chi connectivity index (χ2n) is 4.46. The fourth-order valence-corrected chi connectivity index (χ4v) is 2.20. The van der Waals surface area contributed by atoms with Crippen molar-refractivity contribution in [3.63, 3.8) is 0 Å². The number of amides is 1. The largest absolute Gasteiger partial charge is 0.481 e. The molecule has 0 aromatic heterocycles. The van der Waals surface area contributed by atoms with Gasteiger partial charge in [0.1, 0.15) is 0 Å². The van der Waals surface area contributed by atoms with Crippen LogP contribution in [0.2, 0.25) is 0 Å². The molecule has 1 saturated heterocycles. The fraction of sp³-hybridized carbons (Fsp3) is 0.800. The molecular weight excluding hydrogens is 196 g/mol. The third-order valence-electron chi connectivity index (χ3n) is 3.36. The molecular formula is C10H16N2O3. The van der Waals surface area contributed by atoms with Crippen molar-refractivity contribution in [3.8, 4) is 0 Å². The lowest BCUT2D eigenvalue weighted by atomic mass is 10.1. The van der Waals surface area contributed by atoms with E-state index in [1.165, 1.54) is 0 Å². The number of likely N-dealkylation sites (tertiary alicyclic amines) is 1. The highest BCUT2D eigenvalue weighted by molar-refractivity contribution is 5.89. The summed E-state index contributed by atoms with van der Waals surface area (Å²) in [6, 6.07) is 0. The highest BCUT2D eigenvalue weighted by Gasteiger charge is 2.50. The smallest absolute Gasteiger partial charge is 0.307 e. The van der Waals surface area contributed by atoms with E-state index in [1.54, 1.807) is 4.90 Å². The van der Waals surface area contributed by atoms with Crippen LogP contribution >= 0.6 is 0 Å². The number of carboxylic acids is 1. The molecule has 3 N–H and O–H groups in total. The predicted octanol–water partition coefficient (Wildman–Crippen LogP) is -0.486. The molecule has 2 aliphatic rings. The summed E-state index contributed by atoms with van der Waals surface area (Å²) in [5.74, 6) is -1.13. The molecule has 5 heteroatoms. The van der Waals surface area contributed by atoms with Gasteiger partial charge in [0.2, 0.25) is 5.91 Å². The van der Waals surface area contributed by atoms with Crippen molar-refractivity contribution < 1.29 is 14.7 Å². The van der Waals surface area contributed by atoms with Crippen LogP contribution in [0.15, 0.2) is 0 Å². The Kier molecular flexibility index (Phi) is 2.65. The van der Waals surface area contributed by atoms with Crippen molar-refractivity contribution in [2.75, 3.05) is 19.6 Å². The number of rotatable bonds is 3. The van der Waals surface area contributed by atoms with Gasteiger partial charge in [-0.2, -0.15) is 0 Å². The van der Waals surface area contributed by atoms with E-state index >= 15 is 0 Å². The zero-order valence-corrected chi connectivity index (χ0v) is 8.56. The van der Waals surface area contributed by atoms with Crippen molar-refractivity contribution in [3.05, 3.63) is 0 Å². The summed E-state index contributed by atoms with van der Waals surface area (Å²) in [7, 11) is 0. The van der Waals surface area contributed by atoms with Gasteiger partial charge in [-0.1, -0.05) is 0 Å². The van der Waals surface area contributed by atoms with E-state index in [2.05, 4.69) is 0 Å². The summed E-state index contributed by atoms with van der Waals surface area (Å²) in [6.45, 7) is 2.05. The molecule has 0 radical (unpaired) electrons. The lowest BCUT2D eigenvalue weighted by Gasteiger charge is -2.15. The van der Waals surface area contributed by atoms with Gasteiger partial charge in [-0.3, -0.25) is 9.59 Å². The Bertz CT molecular complexity index is 292. The molecule has 1 aliphatic carbocycles. The van der Waals surface area contributed by atoms with Crippen molar-refractivity contribution in [1.82, 2.24) is 4.90 Å². The van der Waals surface area contributed by atoms with E-state index in [1.807, 2.05) is 0 Å². The molecule has 3 atom stereocenters. The molecule has 2 fully saturated rings. The van der Waals surface area contributed by atoms with Gasteiger partial charge in [0.05, 0.1) is 11.8 Å². The Hall–Kier alpha value is -1.10. The maximum Gasteiger partial charge on any atom is 0.307 e. The Morgan fingerprint density at radius 2 is 2.13 bits per heavy atom. The molecule has 0 aromatic carbocycles. The SMILES string of the molecule is NCC1CCN(C(=O)[C@@H]2C[C@@H]2C(=O)O)C1. The van der Waals surface area contributed by atoms with Gasteiger partial charge in [-0.25, -0.2) is 0 Å². The summed E-state index contributed by atoms with van der Waals surface area (Å²) < 4.78 is 0. The molecule has 1 aliphatic heterocycles. The summed E-state index contributed by atoms with van der Waals surface area (Å²) in [6.07, 6.45) is 1.46. The Morgan fingerprint density at radius 1 is 1.40 bits per heavy atom. The van der Waals surface area contributed by atoms with E-state index in [0.29, 0.717) is 25.4 Å². The van der Waals surface area contributed by atoms with Crippen molar-refractivity contribution in [1.29, 1.82) is 0 Å². The molecule has 15 heavy (non-hydrogen) atoms. The first-order chi connectivity index (χ1) is 7.13. The van der Waals surface area contributed by atoms with Gasteiger partial charge in [-0.15, -0.1) is 0 Å². The minimum atomic E-state index is -0.845. The maximum absolute atomic E-state index is 11.8. The molecule has 84 valence electrons. The standard InChI is InChI=1S/C10H16N2O3/c11-4-6-1-2-12(5-6)9(13)7-3-8(7)10(14)15/h6-8H,1-5,11H2,(H,14,15)/t6?,7-,8+/m1/s1. The highest BCUT2D eigenvalue weighted by atomic mass is 16.4. The van der Waals surface area contributed by atoms with Crippen LogP contribution in [0.1, 0.15) is 12.8 Å². The van der Waals surface area contributed by atoms with Crippen LogP contribution in [-0.4, -0.2) is 41.5 Å². The van der Waals surface area contributed by atoms with Crippen LogP contribution in [0, 0.1) is 17.8 Å². The third kappa shape index (κ3) is 1.97. The summed E-state index contributed by atoms with van der Waals surface area (Å²) in [4.78, 5) is 24.2. The topological polar surface area (TPSA) is 83.6 Å². The van der Waals surface area contributed by atoms with E-state index in [-0.39, 0.29) is 11.8 Å². The molecule has 0 spiro atoms. The molecule has 1 heterocycles. The van der Waals surface area contributed by atoms with E-state index in [9.17, 15) is 9.59 Å². The minimum absolute atomic E-state index is 0.0124. The second kappa shape index (κ2) is 3.81. The molecule has 1 unspecified atom stereocenters. The lowest BCUT2D eigenvalue weighted by Crippen LogP contribution is -2.32. The number of hydrogen-bond acceptors (Lipinski definition) is 3. The zero-order valence-electron chi connectivity index (χ0n) is 8.56. The van der Waals surface area contributed by atoms with E-state index < -0.39 is 11.9 Å². The number of carbonyl (C=O) groups excluding carboxylic acids is 1. The number of nitrogens with two attached hydrogens (primary N) is 1. The van der Waals surface area contributed by atoms with Crippen molar-refractivity contribution in [2.45, 2.75) is 12.8 Å². The predicted molar refractivity (Wildman–Crippen MR) is 53.0 cm³/mol. The fourth-order valence-electron chi connectivity index (χ4n) is 2.20. The molecule has 2 rings (SSSR count). The average Bonchev–Trinajstić information content (AvgIpc) is 2.88. The Balaban J connectivity index is 1.86. The first-order valence-electron chi connectivity index (χ1n) is 5.35. The molecule has 0 bridgehead atoms. The number of carboxylic acid groups (broad SMARTS) is 1. The number of hydrogen-bond donors (Lipinski definition) is 2. The number of carbonyl (C=O) groups is 2. The lowest BCUT2D eigenvalue weighted by molar-refractivity contribution is -0.141. The normalized spacial score (nSPS) is 34.2. The van der Waals surface area contributed by atoms with Crippen molar-refractivity contribution in [2.24, 2.45) is 23.5 Å². The van der Waals surface area contributed by atoms with E-state index in [4.69, 9.17) is 10.8 Å². The number of nitrogens with zero attached hydrogens (tertiary/aromatic N) is 1. The second-order valence-corrected chi connectivity index (χ2v) is 4.46. The molecule has 5 nitrogen and oxygen atoms in total. The third-order valence-corrected chi connectivity index (χ3v) is 3.36. The van der Waals surface area contributed by atoms with Crippen LogP contribution < -0.4 is 5.73 Å². The van der Waals surface area contributed by atoms with Crippen LogP contribution in [-0.2, 0) is 9.59 Å². The minimum Gasteiger partial charge on any atom is -0.481 e. The summed E-state index contributed by atoms with van der Waals surface area (Å²) in [5.41, 5.74) is 5.53. The van der Waals surface area contributed by atoms with Gasteiger partial charge < -0.3 is 15.7 Å². The summed E-state index contributed by atoms with van der Waals surface area (Å²) in [5, 5.41) is 8.72. The zero-order chi connectivity index (χ0) is 11.0. The van der Waals surface area contributed by atoms with Gasteiger partial charge >= 0.3 is 5.97 Å². The Labute approximate surface area is 88.2 Å².